The summed E-state index contributed by atoms with van der Waals surface area (Å²) in [5, 5.41) is 2.97. The van der Waals surface area contributed by atoms with Crippen LogP contribution in [0.15, 0.2) is 18.5 Å². The van der Waals surface area contributed by atoms with Crippen LogP contribution in [0, 0.1) is 5.92 Å². The largest absolute Gasteiger partial charge is 0.356 e. The number of amides is 1. The van der Waals surface area contributed by atoms with Crippen LogP contribution in [0.25, 0.3) is 0 Å². The lowest BCUT2D eigenvalue weighted by Crippen LogP contribution is -2.39. The average Bonchev–Trinajstić information content (AvgIpc) is 2.46. The predicted octanol–water partition coefficient (Wildman–Crippen LogP) is 1.22. The van der Waals surface area contributed by atoms with Crippen molar-refractivity contribution < 1.29 is 4.79 Å². The normalized spacial score (nSPS) is 16.6. The molecule has 2 rings (SSSR count). The van der Waals surface area contributed by atoms with Crippen LogP contribution in [0.1, 0.15) is 26.2 Å². The lowest BCUT2D eigenvalue weighted by molar-refractivity contribution is -0.120. The molecule has 0 aromatic carbocycles. The summed E-state index contributed by atoms with van der Waals surface area (Å²) in [5.41, 5.74) is 0. The maximum absolute atomic E-state index is 11.2. The van der Waals surface area contributed by atoms with Crippen LogP contribution in [0.5, 0.6) is 0 Å². The summed E-state index contributed by atoms with van der Waals surface area (Å²) in [5.74, 6) is 1.54. The fraction of sp³-hybridized carbons (Fsp3) is 0.615. The molecule has 1 aromatic rings. The standard InChI is InChI=1S/C13H20N4O/c1-2-12(18)16-10-11-4-8-17(9-5-11)13-14-6-3-7-15-13/h3,6-7,11H,2,4-5,8-10H2,1H3,(H,16,18). The van der Waals surface area contributed by atoms with Crippen molar-refractivity contribution in [3.8, 4) is 0 Å². The summed E-state index contributed by atoms with van der Waals surface area (Å²) in [6, 6.07) is 1.83. The van der Waals surface area contributed by atoms with E-state index in [1.54, 1.807) is 12.4 Å². The van der Waals surface area contributed by atoms with Gasteiger partial charge in [0.1, 0.15) is 0 Å². The van der Waals surface area contributed by atoms with Crippen molar-refractivity contribution in [2.24, 2.45) is 5.92 Å². The molecule has 98 valence electrons. The van der Waals surface area contributed by atoms with Crippen molar-refractivity contribution in [1.29, 1.82) is 0 Å². The van der Waals surface area contributed by atoms with Gasteiger partial charge in [-0.3, -0.25) is 4.79 Å². The van der Waals surface area contributed by atoms with Crippen molar-refractivity contribution in [1.82, 2.24) is 15.3 Å². The van der Waals surface area contributed by atoms with Gasteiger partial charge in [0.25, 0.3) is 0 Å². The quantitative estimate of drug-likeness (QED) is 0.870. The Labute approximate surface area is 108 Å². The molecule has 1 N–H and O–H groups in total. The van der Waals surface area contributed by atoms with Gasteiger partial charge in [-0.15, -0.1) is 0 Å². The van der Waals surface area contributed by atoms with Gasteiger partial charge in [-0.1, -0.05) is 6.92 Å². The Hall–Kier alpha value is -1.65. The lowest BCUT2D eigenvalue weighted by Gasteiger charge is -2.31. The van der Waals surface area contributed by atoms with Gasteiger partial charge >= 0.3 is 0 Å². The second-order valence-corrected chi connectivity index (χ2v) is 4.64. The van der Waals surface area contributed by atoms with E-state index in [0.29, 0.717) is 12.3 Å². The molecule has 0 spiro atoms. The Kier molecular flexibility index (Phi) is 4.50. The third kappa shape index (κ3) is 3.42. The van der Waals surface area contributed by atoms with E-state index in [2.05, 4.69) is 20.2 Å². The van der Waals surface area contributed by atoms with Crippen LogP contribution in [0.4, 0.5) is 5.95 Å². The van der Waals surface area contributed by atoms with E-state index in [0.717, 1.165) is 38.4 Å². The summed E-state index contributed by atoms with van der Waals surface area (Å²) in [7, 11) is 0. The Balaban J connectivity index is 1.76. The molecule has 0 unspecified atom stereocenters. The maximum atomic E-state index is 11.2. The zero-order valence-corrected chi connectivity index (χ0v) is 10.8. The number of nitrogens with one attached hydrogen (secondary N) is 1. The molecular formula is C13H20N4O. The van der Waals surface area contributed by atoms with Crippen LogP contribution < -0.4 is 10.2 Å². The van der Waals surface area contributed by atoms with Gasteiger partial charge in [0.15, 0.2) is 0 Å². The smallest absolute Gasteiger partial charge is 0.225 e. The highest BCUT2D eigenvalue weighted by Crippen LogP contribution is 2.19. The fourth-order valence-electron chi connectivity index (χ4n) is 2.17. The third-order valence-corrected chi connectivity index (χ3v) is 3.36. The number of hydrogen-bond acceptors (Lipinski definition) is 4. The minimum atomic E-state index is 0.142. The minimum Gasteiger partial charge on any atom is -0.356 e. The number of rotatable bonds is 4. The summed E-state index contributed by atoms with van der Waals surface area (Å²) in [6.07, 6.45) is 6.28. The molecule has 0 aliphatic carbocycles. The Bertz CT molecular complexity index is 374. The second kappa shape index (κ2) is 6.33. The monoisotopic (exact) mass is 248 g/mol. The number of anilines is 1. The topological polar surface area (TPSA) is 58.1 Å². The van der Waals surface area contributed by atoms with E-state index in [1.165, 1.54) is 0 Å². The number of piperidine rings is 1. The van der Waals surface area contributed by atoms with Gasteiger partial charge < -0.3 is 10.2 Å². The number of aromatic nitrogens is 2. The van der Waals surface area contributed by atoms with Crippen LogP contribution in [-0.2, 0) is 4.79 Å². The number of carbonyl (C=O) groups is 1. The molecule has 1 saturated heterocycles. The van der Waals surface area contributed by atoms with E-state index < -0.39 is 0 Å². The van der Waals surface area contributed by atoms with Crippen molar-refractivity contribution in [2.75, 3.05) is 24.5 Å². The van der Waals surface area contributed by atoms with Gasteiger partial charge in [0, 0.05) is 38.4 Å². The molecule has 1 aromatic heterocycles. The zero-order valence-electron chi connectivity index (χ0n) is 10.8. The summed E-state index contributed by atoms with van der Waals surface area (Å²) < 4.78 is 0. The number of hydrogen-bond donors (Lipinski definition) is 1. The molecule has 5 heteroatoms. The molecule has 5 nitrogen and oxygen atoms in total. The van der Waals surface area contributed by atoms with Crippen LogP contribution in [0.3, 0.4) is 0 Å². The Morgan fingerprint density at radius 1 is 1.39 bits per heavy atom. The summed E-state index contributed by atoms with van der Waals surface area (Å²) in [4.78, 5) is 21.9. The molecule has 1 amide bonds. The first kappa shape index (κ1) is 12.8. The van der Waals surface area contributed by atoms with Crippen molar-refractivity contribution in [3.63, 3.8) is 0 Å². The van der Waals surface area contributed by atoms with E-state index in [1.807, 2.05) is 13.0 Å². The van der Waals surface area contributed by atoms with Crippen LogP contribution >= 0.6 is 0 Å². The molecule has 1 aliphatic rings. The van der Waals surface area contributed by atoms with Crippen LogP contribution in [0.2, 0.25) is 0 Å². The van der Waals surface area contributed by atoms with Crippen molar-refractivity contribution in [3.05, 3.63) is 18.5 Å². The summed E-state index contributed by atoms with van der Waals surface area (Å²) in [6.45, 7) is 4.62. The molecule has 0 bridgehead atoms. The average molecular weight is 248 g/mol. The van der Waals surface area contributed by atoms with Crippen molar-refractivity contribution in [2.45, 2.75) is 26.2 Å². The summed E-state index contributed by atoms with van der Waals surface area (Å²) >= 11 is 0. The maximum Gasteiger partial charge on any atom is 0.225 e. The Morgan fingerprint density at radius 3 is 2.67 bits per heavy atom. The highest BCUT2D eigenvalue weighted by Gasteiger charge is 2.20. The first-order valence-corrected chi connectivity index (χ1v) is 6.58. The second-order valence-electron chi connectivity index (χ2n) is 4.64. The van der Waals surface area contributed by atoms with Crippen LogP contribution in [-0.4, -0.2) is 35.5 Å². The molecule has 18 heavy (non-hydrogen) atoms. The molecule has 1 fully saturated rings. The number of nitrogens with zero attached hydrogens (tertiary/aromatic N) is 3. The molecule has 0 radical (unpaired) electrons. The van der Waals surface area contributed by atoms with Gasteiger partial charge in [-0.05, 0) is 24.8 Å². The van der Waals surface area contributed by atoms with E-state index >= 15 is 0 Å². The predicted molar refractivity (Wildman–Crippen MR) is 70.3 cm³/mol. The SMILES string of the molecule is CCC(=O)NCC1CCN(c2ncccn2)CC1. The van der Waals surface area contributed by atoms with Gasteiger partial charge in [-0.2, -0.15) is 0 Å². The van der Waals surface area contributed by atoms with E-state index in [4.69, 9.17) is 0 Å². The fourth-order valence-corrected chi connectivity index (χ4v) is 2.17. The molecule has 0 saturated carbocycles. The highest BCUT2D eigenvalue weighted by molar-refractivity contribution is 5.75. The van der Waals surface area contributed by atoms with Gasteiger partial charge in [0.2, 0.25) is 11.9 Å². The first-order chi connectivity index (χ1) is 8.79. The van der Waals surface area contributed by atoms with Gasteiger partial charge in [0.05, 0.1) is 0 Å². The molecular weight excluding hydrogens is 228 g/mol. The lowest BCUT2D eigenvalue weighted by atomic mass is 9.97. The zero-order chi connectivity index (χ0) is 12.8. The van der Waals surface area contributed by atoms with E-state index in [-0.39, 0.29) is 5.91 Å². The van der Waals surface area contributed by atoms with Gasteiger partial charge in [-0.25, -0.2) is 9.97 Å². The Morgan fingerprint density at radius 2 is 2.06 bits per heavy atom. The van der Waals surface area contributed by atoms with Crippen molar-refractivity contribution >= 4 is 11.9 Å². The minimum absolute atomic E-state index is 0.142. The molecule has 1 aliphatic heterocycles. The molecule has 2 heterocycles. The van der Waals surface area contributed by atoms with E-state index in [9.17, 15) is 4.79 Å². The highest BCUT2D eigenvalue weighted by atomic mass is 16.1. The third-order valence-electron chi connectivity index (χ3n) is 3.36. The number of carbonyl (C=O) groups excluding carboxylic acids is 1. The first-order valence-electron chi connectivity index (χ1n) is 6.58. The molecule has 0 atom stereocenters.